The summed E-state index contributed by atoms with van der Waals surface area (Å²) in [6.07, 6.45) is 3.71. The first-order chi connectivity index (χ1) is 9.70. The highest BCUT2D eigenvalue weighted by atomic mass is 19.1. The highest BCUT2D eigenvalue weighted by molar-refractivity contribution is 5.82. The molecule has 1 heterocycles. The van der Waals surface area contributed by atoms with E-state index in [1.807, 2.05) is 11.0 Å². The molecule has 110 valence electrons. The Morgan fingerprint density at radius 3 is 3.05 bits per heavy atom. The number of carbonyl (C=O) groups is 1. The lowest BCUT2D eigenvalue weighted by molar-refractivity contribution is -0.135. The molecule has 2 rings (SSSR count). The highest BCUT2D eigenvalue weighted by Gasteiger charge is 2.27. The van der Waals surface area contributed by atoms with Crippen molar-refractivity contribution in [3.05, 3.63) is 35.6 Å². The third-order valence-electron chi connectivity index (χ3n) is 3.73. The molecule has 1 fully saturated rings. The summed E-state index contributed by atoms with van der Waals surface area (Å²) in [5.41, 5.74) is 0.946. The first kappa shape index (κ1) is 15.0. The van der Waals surface area contributed by atoms with Crippen LogP contribution < -0.4 is 5.32 Å². The molecule has 1 aliphatic heterocycles. The van der Waals surface area contributed by atoms with Crippen LogP contribution in [0.3, 0.4) is 0 Å². The van der Waals surface area contributed by atoms with Crippen LogP contribution in [0.2, 0.25) is 0 Å². The topological polar surface area (TPSA) is 32.3 Å². The summed E-state index contributed by atoms with van der Waals surface area (Å²) in [4.78, 5) is 14.2. The van der Waals surface area contributed by atoms with Gasteiger partial charge < -0.3 is 10.2 Å². The first-order valence-electron chi connectivity index (χ1n) is 7.47. The van der Waals surface area contributed by atoms with Gasteiger partial charge in [0.2, 0.25) is 5.91 Å². The quantitative estimate of drug-likeness (QED) is 0.866. The molecule has 1 atom stereocenters. The van der Waals surface area contributed by atoms with E-state index in [1.54, 1.807) is 12.1 Å². The lowest BCUT2D eigenvalue weighted by Crippen LogP contribution is -2.51. The second kappa shape index (κ2) is 7.39. The van der Waals surface area contributed by atoms with Crippen LogP contribution in [0.1, 0.15) is 31.7 Å². The van der Waals surface area contributed by atoms with Crippen LogP contribution in [0.15, 0.2) is 24.3 Å². The Balaban J connectivity index is 1.87. The van der Waals surface area contributed by atoms with Gasteiger partial charge in [-0.05, 0) is 49.9 Å². The van der Waals surface area contributed by atoms with Crippen molar-refractivity contribution >= 4 is 5.91 Å². The summed E-state index contributed by atoms with van der Waals surface area (Å²) in [5.74, 6) is -0.0175. The van der Waals surface area contributed by atoms with Crippen molar-refractivity contribution in [1.29, 1.82) is 0 Å². The Labute approximate surface area is 120 Å². The van der Waals surface area contributed by atoms with Gasteiger partial charge in [0.15, 0.2) is 0 Å². The Bertz CT molecular complexity index is 450. The number of amides is 1. The number of likely N-dealkylation sites (tertiary alicyclic amines) is 1. The molecule has 1 amide bonds. The number of benzene rings is 1. The molecule has 4 heteroatoms. The second-order valence-electron chi connectivity index (χ2n) is 5.35. The van der Waals surface area contributed by atoms with Crippen LogP contribution >= 0.6 is 0 Å². The smallest absolute Gasteiger partial charge is 0.239 e. The SMILES string of the molecule is CCCNC1CCCN(CCc2cccc(F)c2)C1=O. The van der Waals surface area contributed by atoms with E-state index in [0.29, 0.717) is 13.0 Å². The van der Waals surface area contributed by atoms with Gasteiger partial charge in [-0.1, -0.05) is 19.1 Å². The fourth-order valence-electron chi connectivity index (χ4n) is 2.63. The van der Waals surface area contributed by atoms with E-state index in [-0.39, 0.29) is 17.8 Å². The molecule has 1 N–H and O–H groups in total. The second-order valence-corrected chi connectivity index (χ2v) is 5.35. The van der Waals surface area contributed by atoms with Crippen molar-refractivity contribution in [2.24, 2.45) is 0 Å². The average molecular weight is 278 g/mol. The fourth-order valence-corrected chi connectivity index (χ4v) is 2.63. The van der Waals surface area contributed by atoms with E-state index in [4.69, 9.17) is 0 Å². The highest BCUT2D eigenvalue weighted by Crippen LogP contribution is 2.13. The monoisotopic (exact) mass is 278 g/mol. The van der Waals surface area contributed by atoms with Crippen molar-refractivity contribution in [2.45, 2.75) is 38.6 Å². The molecule has 0 radical (unpaired) electrons. The molecule has 3 nitrogen and oxygen atoms in total. The predicted molar refractivity (Wildman–Crippen MR) is 78.0 cm³/mol. The van der Waals surface area contributed by atoms with Gasteiger partial charge in [0, 0.05) is 13.1 Å². The fraction of sp³-hybridized carbons (Fsp3) is 0.562. The van der Waals surface area contributed by atoms with E-state index in [0.717, 1.165) is 37.9 Å². The minimum Gasteiger partial charge on any atom is -0.341 e. The lowest BCUT2D eigenvalue weighted by atomic mass is 10.0. The number of hydrogen-bond donors (Lipinski definition) is 1. The standard InChI is InChI=1S/C16H23FN2O/c1-2-9-18-15-7-4-10-19(16(15)20)11-8-13-5-3-6-14(17)12-13/h3,5-6,12,15,18H,2,4,7-11H2,1H3. The van der Waals surface area contributed by atoms with Crippen LogP contribution in [-0.4, -0.2) is 36.5 Å². The van der Waals surface area contributed by atoms with Gasteiger partial charge in [-0.25, -0.2) is 4.39 Å². The first-order valence-corrected chi connectivity index (χ1v) is 7.47. The minimum atomic E-state index is -0.213. The largest absolute Gasteiger partial charge is 0.341 e. The van der Waals surface area contributed by atoms with E-state index in [2.05, 4.69) is 12.2 Å². The normalized spacial score (nSPS) is 19.4. The van der Waals surface area contributed by atoms with E-state index in [9.17, 15) is 9.18 Å². The molecule has 1 aromatic carbocycles. The third kappa shape index (κ3) is 4.04. The maximum atomic E-state index is 13.1. The summed E-state index contributed by atoms with van der Waals surface area (Å²) in [7, 11) is 0. The van der Waals surface area contributed by atoms with Gasteiger partial charge in [-0.2, -0.15) is 0 Å². The summed E-state index contributed by atoms with van der Waals surface area (Å²) in [6.45, 7) is 4.47. The molecule has 1 aliphatic rings. The van der Waals surface area contributed by atoms with Gasteiger partial charge in [-0.15, -0.1) is 0 Å². The number of nitrogens with one attached hydrogen (secondary N) is 1. The Kier molecular flexibility index (Phi) is 5.53. The zero-order valence-corrected chi connectivity index (χ0v) is 12.1. The van der Waals surface area contributed by atoms with E-state index < -0.39 is 0 Å². The molecule has 0 saturated carbocycles. The molecule has 0 aromatic heterocycles. The van der Waals surface area contributed by atoms with Crippen molar-refractivity contribution in [1.82, 2.24) is 10.2 Å². The summed E-state index contributed by atoms with van der Waals surface area (Å²) in [6, 6.07) is 6.58. The van der Waals surface area contributed by atoms with Gasteiger partial charge >= 0.3 is 0 Å². The number of hydrogen-bond acceptors (Lipinski definition) is 2. The maximum absolute atomic E-state index is 13.1. The maximum Gasteiger partial charge on any atom is 0.239 e. The molecule has 0 spiro atoms. The van der Waals surface area contributed by atoms with Gasteiger partial charge in [-0.3, -0.25) is 4.79 Å². The Morgan fingerprint density at radius 2 is 2.30 bits per heavy atom. The number of piperidine rings is 1. The van der Waals surface area contributed by atoms with Crippen LogP contribution in [0, 0.1) is 5.82 Å². The zero-order valence-electron chi connectivity index (χ0n) is 12.1. The summed E-state index contributed by atoms with van der Waals surface area (Å²) >= 11 is 0. The van der Waals surface area contributed by atoms with Crippen molar-refractivity contribution in [2.75, 3.05) is 19.6 Å². The summed E-state index contributed by atoms with van der Waals surface area (Å²) < 4.78 is 13.1. The number of nitrogens with zero attached hydrogens (tertiary/aromatic N) is 1. The molecule has 0 aliphatic carbocycles. The molecule has 1 saturated heterocycles. The lowest BCUT2D eigenvalue weighted by Gasteiger charge is -2.32. The molecule has 1 aromatic rings. The number of rotatable bonds is 6. The molecule has 0 bridgehead atoms. The molecular formula is C16H23FN2O. The Morgan fingerprint density at radius 1 is 1.45 bits per heavy atom. The van der Waals surface area contributed by atoms with Gasteiger partial charge in [0.05, 0.1) is 6.04 Å². The van der Waals surface area contributed by atoms with Crippen molar-refractivity contribution in [3.8, 4) is 0 Å². The Hall–Kier alpha value is -1.42. The number of halogens is 1. The number of carbonyl (C=O) groups excluding carboxylic acids is 1. The van der Waals surface area contributed by atoms with Crippen molar-refractivity contribution in [3.63, 3.8) is 0 Å². The predicted octanol–water partition coefficient (Wildman–Crippen LogP) is 2.36. The zero-order chi connectivity index (χ0) is 14.4. The molecule has 20 heavy (non-hydrogen) atoms. The van der Waals surface area contributed by atoms with Gasteiger partial charge in [0.25, 0.3) is 0 Å². The average Bonchev–Trinajstić information content (AvgIpc) is 2.45. The van der Waals surface area contributed by atoms with E-state index in [1.165, 1.54) is 6.07 Å². The summed E-state index contributed by atoms with van der Waals surface area (Å²) in [5, 5.41) is 3.31. The van der Waals surface area contributed by atoms with Crippen LogP contribution in [-0.2, 0) is 11.2 Å². The third-order valence-corrected chi connectivity index (χ3v) is 3.73. The van der Waals surface area contributed by atoms with E-state index >= 15 is 0 Å². The van der Waals surface area contributed by atoms with Gasteiger partial charge in [0.1, 0.15) is 5.82 Å². The molecular weight excluding hydrogens is 255 g/mol. The molecule has 1 unspecified atom stereocenters. The van der Waals surface area contributed by atoms with Crippen LogP contribution in [0.5, 0.6) is 0 Å². The van der Waals surface area contributed by atoms with Crippen LogP contribution in [0.25, 0.3) is 0 Å². The van der Waals surface area contributed by atoms with Crippen molar-refractivity contribution < 1.29 is 9.18 Å². The minimum absolute atomic E-state index is 0.0313. The van der Waals surface area contributed by atoms with Crippen LogP contribution in [0.4, 0.5) is 4.39 Å².